The van der Waals surface area contributed by atoms with E-state index in [1.807, 2.05) is 31.2 Å². The molecule has 1 unspecified atom stereocenters. The summed E-state index contributed by atoms with van der Waals surface area (Å²) >= 11 is 5.96. The van der Waals surface area contributed by atoms with Gasteiger partial charge in [0.15, 0.2) is 0 Å². The molecule has 0 bridgehead atoms. The van der Waals surface area contributed by atoms with Crippen molar-refractivity contribution in [1.82, 2.24) is 0 Å². The number of hydrogen-bond acceptors (Lipinski definition) is 2. The molecule has 4 heteroatoms. The number of halogens is 2. The van der Waals surface area contributed by atoms with Gasteiger partial charge in [0.2, 0.25) is 0 Å². The lowest BCUT2D eigenvalue weighted by atomic mass is 10.1. The highest BCUT2D eigenvalue weighted by Crippen LogP contribution is 2.21. The molecule has 0 radical (unpaired) electrons. The Hall–Kier alpha value is -1.58. The van der Waals surface area contributed by atoms with Gasteiger partial charge in [-0.3, -0.25) is 0 Å². The summed E-state index contributed by atoms with van der Waals surface area (Å²) in [5.41, 5.74) is 7.66. The molecule has 1 atom stereocenters. The molecule has 2 N–H and O–H groups in total. The van der Waals surface area contributed by atoms with Crippen LogP contribution in [0.2, 0.25) is 5.02 Å². The van der Waals surface area contributed by atoms with Crippen LogP contribution in [0, 0.1) is 5.82 Å². The topological polar surface area (TPSA) is 35.2 Å². The zero-order valence-corrected chi connectivity index (χ0v) is 12.0. The summed E-state index contributed by atoms with van der Waals surface area (Å²) in [5.74, 6) is 0.404. The molecule has 0 fully saturated rings. The van der Waals surface area contributed by atoms with Crippen LogP contribution in [-0.2, 0) is 13.0 Å². The molecule has 2 nitrogen and oxygen atoms in total. The van der Waals surface area contributed by atoms with Crippen molar-refractivity contribution in [2.45, 2.75) is 26.0 Å². The minimum absolute atomic E-state index is 0.108. The van der Waals surface area contributed by atoms with Crippen LogP contribution in [0.1, 0.15) is 18.1 Å². The standard InChI is InChI=1S/C16H17ClFNO/c1-11(19)7-12-3-2-4-15(8-12)20-10-13-5-6-14(18)9-16(13)17/h2-6,8-9,11H,7,10,19H2,1H3. The van der Waals surface area contributed by atoms with E-state index in [-0.39, 0.29) is 11.9 Å². The van der Waals surface area contributed by atoms with Gasteiger partial charge in [-0.1, -0.05) is 29.8 Å². The molecule has 2 aromatic rings. The summed E-state index contributed by atoms with van der Waals surface area (Å²) in [5, 5.41) is 0.372. The monoisotopic (exact) mass is 293 g/mol. The Morgan fingerprint density at radius 2 is 2.05 bits per heavy atom. The van der Waals surface area contributed by atoms with E-state index in [0.717, 1.165) is 23.3 Å². The van der Waals surface area contributed by atoms with Crippen LogP contribution in [-0.4, -0.2) is 6.04 Å². The molecule has 0 heterocycles. The molecule has 2 rings (SSSR count). The van der Waals surface area contributed by atoms with E-state index in [9.17, 15) is 4.39 Å². The summed E-state index contributed by atoms with van der Waals surface area (Å²) in [6.45, 7) is 2.27. The Balaban J connectivity index is 2.03. The number of nitrogens with two attached hydrogens (primary N) is 1. The van der Waals surface area contributed by atoms with Gasteiger partial charge >= 0.3 is 0 Å². The van der Waals surface area contributed by atoms with E-state index in [1.54, 1.807) is 6.07 Å². The van der Waals surface area contributed by atoms with Crippen LogP contribution in [0.4, 0.5) is 4.39 Å². The second kappa shape index (κ2) is 6.73. The molecule has 0 aliphatic carbocycles. The summed E-state index contributed by atoms with van der Waals surface area (Å²) in [6.07, 6.45) is 0.800. The summed E-state index contributed by atoms with van der Waals surface area (Å²) < 4.78 is 18.6. The lowest BCUT2D eigenvalue weighted by Gasteiger charge is -2.10. The lowest BCUT2D eigenvalue weighted by molar-refractivity contribution is 0.306. The van der Waals surface area contributed by atoms with Crippen molar-refractivity contribution in [3.63, 3.8) is 0 Å². The summed E-state index contributed by atoms with van der Waals surface area (Å²) in [7, 11) is 0. The highest BCUT2D eigenvalue weighted by molar-refractivity contribution is 6.31. The van der Waals surface area contributed by atoms with Crippen LogP contribution in [0.5, 0.6) is 5.75 Å². The maximum atomic E-state index is 12.9. The Bertz CT molecular complexity index is 586. The number of rotatable bonds is 5. The molecule has 20 heavy (non-hydrogen) atoms. The quantitative estimate of drug-likeness (QED) is 0.906. The molecule has 0 saturated heterocycles. The van der Waals surface area contributed by atoms with E-state index in [2.05, 4.69) is 0 Å². The first-order valence-electron chi connectivity index (χ1n) is 6.46. The van der Waals surface area contributed by atoms with Crippen molar-refractivity contribution < 1.29 is 9.13 Å². The first-order valence-corrected chi connectivity index (χ1v) is 6.83. The van der Waals surface area contributed by atoms with Gasteiger partial charge in [-0.2, -0.15) is 0 Å². The van der Waals surface area contributed by atoms with Gasteiger partial charge < -0.3 is 10.5 Å². The first-order chi connectivity index (χ1) is 9.54. The maximum Gasteiger partial charge on any atom is 0.124 e. The zero-order valence-electron chi connectivity index (χ0n) is 11.3. The highest BCUT2D eigenvalue weighted by atomic mass is 35.5. The van der Waals surface area contributed by atoms with Crippen molar-refractivity contribution in [3.05, 3.63) is 64.4 Å². The average Bonchev–Trinajstić information content (AvgIpc) is 2.37. The van der Waals surface area contributed by atoms with E-state index >= 15 is 0 Å². The second-order valence-corrected chi connectivity index (χ2v) is 5.26. The molecular formula is C16H17ClFNO. The molecule has 0 amide bonds. The number of ether oxygens (including phenoxy) is 1. The van der Waals surface area contributed by atoms with Crippen molar-refractivity contribution in [3.8, 4) is 5.75 Å². The predicted molar refractivity (Wildman–Crippen MR) is 79.5 cm³/mol. The minimum atomic E-state index is -0.349. The van der Waals surface area contributed by atoms with Gasteiger partial charge in [0.05, 0.1) is 5.02 Å². The lowest BCUT2D eigenvalue weighted by Crippen LogP contribution is -2.17. The molecule has 106 valence electrons. The fourth-order valence-electron chi connectivity index (χ4n) is 1.93. The van der Waals surface area contributed by atoms with Crippen molar-refractivity contribution in [1.29, 1.82) is 0 Å². The van der Waals surface area contributed by atoms with Gasteiger partial charge in [-0.05, 0) is 43.2 Å². The summed E-state index contributed by atoms with van der Waals surface area (Å²) in [4.78, 5) is 0. The van der Waals surface area contributed by atoms with Crippen molar-refractivity contribution in [2.24, 2.45) is 5.73 Å². The van der Waals surface area contributed by atoms with E-state index in [1.165, 1.54) is 12.1 Å². The average molecular weight is 294 g/mol. The molecule has 0 spiro atoms. The molecule has 0 aliphatic heterocycles. The SMILES string of the molecule is CC(N)Cc1cccc(OCc2ccc(F)cc2Cl)c1. The zero-order chi connectivity index (χ0) is 14.5. The number of hydrogen-bond donors (Lipinski definition) is 1. The van der Waals surface area contributed by atoms with E-state index in [0.29, 0.717) is 11.6 Å². The Morgan fingerprint density at radius 3 is 2.75 bits per heavy atom. The highest BCUT2D eigenvalue weighted by Gasteiger charge is 2.04. The molecule has 0 aliphatic rings. The van der Waals surface area contributed by atoms with Crippen LogP contribution in [0.15, 0.2) is 42.5 Å². The van der Waals surface area contributed by atoms with Crippen LogP contribution in [0.25, 0.3) is 0 Å². The third-order valence-corrected chi connectivity index (χ3v) is 3.22. The van der Waals surface area contributed by atoms with Crippen LogP contribution >= 0.6 is 11.6 Å². The van der Waals surface area contributed by atoms with Crippen molar-refractivity contribution >= 4 is 11.6 Å². The van der Waals surface area contributed by atoms with E-state index < -0.39 is 0 Å². The Morgan fingerprint density at radius 1 is 1.25 bits per heavy atom. The fraction of sp³-hybridized carbons (Fsp3) is 0.250. The molecule has 2 aromatic carbocycles. The third-order valence-electron chi connectivity index (χ3n) is 2.87. The largest absolute Gasteiger partial charge is 0.489 e. The fourth-order valence-corrected chi connectivity index (χ4v) is 2.16. The van der Waals surface area contributed by atoms with E-state index in [4.69, 9.17) is 22.1 Å². The summed E-state index contributed by atoms with van der Waals surface area (Å²) in [6, 6.07) is 12.2. The number of benzene rings is 2. The van der Waals surface area contributed by atoms with Gasteiger partial charge in [0, 0.05) is 11.6 Å². The van der Waals surface area contributed by atoms with Gasteiger partial charge in [-0.25, -0.2) is 4.39 Å². The normalized spacial score (nSPS) is 12.2. The van der Waals surface area contributed by atoms with Crippen molar-refractivity contribution in [2.75, 3.05) is 0 Å². The third kappa shape index (κ3) is 4.22. The minimum Gasteiger partial charge on any atom is -0.489 e. The van der Waals surface area contributed by atoms with Gasteiger partial charge in [0.1, 0.15) is 18.2 Å². The first kappa shape index (κ1) is 14.8. The Kier molecular flexibility index (Phi) is 4.99. The van der Waals surface area contributed by atoms with Gasteiger partial charge in [0.25, 0.3) is 0 Å². The Labute approximate surface area is 123 Å². The second-order valence-electron chi connectivity index (χ2n) is 4.85. The molecule has 0 aromatic heterocycles. The van der Waals surface area contributed by atoms with Gasteiger partial charge in [-0.15, -0.1) is 0 Å². The van der Waals surface area contributed by atoms with Crippen LogP contribution < -0.4 is 10.5 Å². The smallest absolute Gasteiger partial charge is 0.124 e. The molecular weight excluding hydrogens is 277 g/mol. The molecule has 0 saturated carbocycles. The maximum absolute atomic E-state index is 12.9. The predicted octanol–water partition coefficient (Wildman–Crippen LogP) is 3.95. The van der Waals surface area contributed by atoms with Crippen LogP contribution in [0.3, 0.4) is 0 Å².